The van der Waals surface area contributed by atoms with Gasteiger partial charge in [0.25, 0.3) is 45.9 Å². The Balaban J connectivity index is 0.000000198. The number of carboxylic acid groups (broad SMARTS) is 1. The molecule has 9 N–H and O–H groups in total. The molecule has 0 spiro atoms. The van der Waals surface area contributed by atoms with Gasteiger partial charge < -0.3 is 80.3 Å². The quantitative estimate of drug-likeness (QED) is 0.0197. The van der Waals surface area contributed by atoms with Crippen molar-refractivity contribution in [3.05, 3.63) is 246 Å². The number of aliphatic carboxylic acids is 1. The Bertz CT molecular complexity index is 5560. The molecule has 27 nitrogen and oxygen atoms in total. The molecule has 1 saturated heterocycles. The molecule has 4 fully saturated rings. The molecule has 4 amide bonds. The fourth-order valence-corrected chi connectivity index (χ4v) is 19.9. The number of likely N-dealkylation sites (tertiary alicyclic amines) is 1. The van der Waals surface area contributed by atoms with Crippen LogP contribution in [0.5, 0.6) is 0 Å². The molecule has 132 heavy (non-hydrogen) atoms. The van der Waals surface area contributed by atoms with Crippen LogP contribution in [-0.2, 0) is 50.0 Å². The van der Waals surface area contributed by atoms with Crippen LogP contribution >= 0.6 is 46.4 Å². The topological polar surface area (TPSA) is 354 Å². The van der Waals surface area contributed by atoms with Gasteiger partial charge in [-0.05, 0) is 326 Å². The van der Waals surface area contributed by atoms with Crippen LogP contribution in [0.25, 0.3) is 0 Å². The van der Waals surface area contributed by atoms with Gasteiger partial charge in [0.1, 0.15) is 0 Å². The number of hydrogen-bond donors (Lipinski definition) is 9. The maximum absolute atomic E-state index is 13.1. The zero-order valence-corrected chi connectivity index (χ0v) is 83.0. The molecule has 8 aromatic rings. The number of benzene rings is 4. The first-order chi connectivity index (χ1) is 62.6. The fourth-order valence-electron chi connectivity index (χ4n) is 19.0. The highest BCUT2D eigenvalue weighted by molar-refractivity contribution is 6.32. The molecule has 4 aromatic carbocycles. The van der Waals surface area contributed by atoms with E-state index in [4.69, 9.17) is 55.9 Å². The molecule has 4 aliphatic rings. The molecule has 0 radical (unpaired) electrons. The Morgan fingerprint density at radius 1 is 0.348 bits per heavy atom. The number of nitrogens with zero attached hydrogens (tertiary/aromatic N) is 5. The van der Waals surface area contributed by atoms with Gasteiger partial charge in [0.15, 0.2) is 0 Å². The number of esters is 2. The third-order valence-corrected chi connectivity index (χ3v) is 27.0. The van der Waals surface area contributed by atoms with Gasteiger partial charge in [-0.25, -0.2) is 0 Å². The van der Waals surface area contributed by atoms with Crippen molar-refractivity contribution >= 4 is 111 Å². The summed E-state index contributed by atoms with van der Waals surface area (Å²) in [7, 11) is 2.10. The third kappa shape index (κ3) is 26.9. The zero-order chi connectivity index (χ0) is 97.0. The predicted molar refractivity (Wildman–Crippen MR) is 527 cm³/mol. The second kappa shape index (κ2) is 48.3. The first kappa shape index (κ1) is 105. The summed E-state index contributed by atoms with van der Waals surface area (Å²) in [5, 5.41) is 22.8. The molecule has 31 heteroatoms. The molecule has 12 rings (SSSR count). The number of rotatable bonds is 29. The van der Waals surface area contributed by atoms with E-state index in [1.54, 1.807) is 24.3 Å². The first-order valence-corrected chi connectivity index (χ1v) is 47.6. The second-order valence-corrected chi connectivity index (χ2v) is 37.0. The lowest BCUT2D eigenvalue weighted by atomic mass is 9.85. The monoisotopic (exact) mass is 1890 g/mol. The summed E-state index contributed by atoms with van der Waals surface area (Å²) in [6, 6.07) is 23.0. The zero-order valence-electron chi connectivity index (χ0n) is 79.9. The van der Waals surface area contributed by atoms with Gasteiger partial charge >= 0.3 is 17.9 Å². The number of amides is 4. The molecule has 0 atom stereocenters. The normalized spacial score (nSPS) is 17.1. The summed E-state index contributed by atoms with van der Waals surface area (Å²) in [5.41, 5.74) is 17.1. The van der Waals surface area contributed by atoms with Crippen LogP contribution in [0.4, 0.5) is 22.7 Å². The molecular formula is C101H133Cl4N13O14. The van der Waals surface area contributed by atoms with Crippen LogP contribution in [-0.4, -0.2) is 155 Å². The predicted octanol–water partition coefficient (Wildman–Crippen LogP) is 17.0. The molecular weight excluding hydrogens is 1760 g/mol. The number of nitrogens with one attached hydrogen (secondary N) is 8. The van der Waals surface area contributed by atoms with E-state index in [-0.39, 0.29) is 120 Å². The summed E-state index contributed by atoms with van der Waals surface area (Å²) in [4.78, 5) is 160. The number of ether oxygens (including phenoxy) is 2. The number of pyridine rings is 4. The Morgan fingerprint density at radius 2 is 0.568 bits per heavy atom. The van der Waals surface area contributed by atoms with Crippen LogP contribution < -0.4 is 63.1 Å². The van der Waals surface area contributed by atoms with Crippen molar-refractivity contribution in [2.45, 2.75) is 252 Å². The van der Waals surface area contributed by atoms with Gasteiger partial charge in [0, 0.05) is 194 Å². The average Bonchev–Trinajstić information content (AvgIpc) is 0.781. The molecule has 0 bridgehead atoms. The van der Waals surface area contributed by atoms with Crippen molar-refractivity contribution in [2.24, 2.45) is 17.8 Å². The van der Waals surface area contributed by atoms with Gasteiger partial charge in [-0.15, -0.1) is 0 Å². The summed E-state index contributed by atoms with van der Waals surface area (Å²) in [5.74, 6) is -2.36. The Morgan fingerprint density at radius 3 is 0.765 bits per heavy atom. The van der Waals surface area contributed by atoms with Crippen LogP contribution in [0.15, 0.2) is 92.0 Å². The molecule has 4 aromatic heterocycles. The Labute approximate surface area is 795 Å². The number of carbonyl (C=O) groups is 7. The molecule has 0 unspecified atom stereocenters. The lowest BCUT2D eigenvalue weighted by Crippen LogP contribution is -2.58. The number of aromatic nitrogens is 4. The highest BCUT2D eigenvalue weighted by atomic mass is 35.5. The number of carbonyl (C=O) groups excluding carboxylic acids is 6. The fraction of sp³-hybridized carbons (Fsp3) is 0.495. The standard InChI is InChI=1S/2C27H36ClN3O4.C25H32ClN3O4.C22H29ClN4O2/c2*1-6-31(21-10-8-19(9-11-21)27(34)35-7-2)24-14-20(28)13-22(18(24)5)25(32)29-15-23-16(3)12-17(4)30-26(23)33;1-5-29(19-8-6-17(7-9-19)25(32)33)22-12-18(26)11-20(16(22)4)23(30)27-13-21-14(2)10-15(3)28-24(21)31;1-6-27(17-11-26(5)12-17)20-9-16(23)8-18(15(20)4)21(28)24-10-19-13(2)7-14(3)25-22(19)29/h2*12-14,19,21H,6-11,15H2,1-5H3,(H,29,32)(H,30,33);10-12,17,19H,5-9,13H2,1-4H3,(H,27,30)(H,28,31)(H,32,33);7-9,17H,6,10-12H2,1-5H3,(H,24,28)(H,25,29). The van der Waals surface area contributed by atoms with Gasteiger partial charge in [-0.2, -0.15) is 0 Å². The van der Waals surface area contributed by atoms with Gasteiger partial charge in [0.05, 0.1) is 37.0 Å². The lowest BCUT2D eigenvalue weighted by Gasteiger charge is -2.45. The Kier molecular flexibility index (Phi) is 38.4. The first-order valence-electron chi connectivity index (χ1n) is 46.1. The van der Waals surface area contributed by atoms with Crippen LogP contribution in [0.2, 0.25) is 20.1 Å². The summed E-state index contributed by atoms with van der Waals surface area (Å²) >= 11 is 25.7. The van der Waals surface area contributed by atoms with E-state index in [1.807, 2.05) is 145 Å². The van der Waals surface area contributed by atoms with Gasteiger partial charge in [-0.3, -0.25) is 52.7 Å². The van der Waals surface area contributed by atoms with E-state index in [1.165, 1.54) is 0 Å². The van der Waals surface area contributed by atoms with E-state index in [9.17, 15) is 57.8 Å². The number of aromatic amines is 4. The summed E-state index contributed by atoms with van der Waals surface area (Å²) < 4.78 is 10.4. The van der Waals surface area contributed by atoms with E-state index < -0.39 is 5.97 Å². The maximum atomic E-state index is 13.1. The maximum Gasteiger partial charge on any atom is 0.308 e. The van der Waals surface area contributed by atoms with Crippen molar-refractivity contribution in [1.82, 2.24) is 46.1 Å². The van der Waals surface area contributed by atoms with Crippen LogP contribution in [0.3, 0.4) is 0 Å². The summed E-state index contributed by atoms with van der Waals surface area (Å²) in [6.07, 6.45) is 9.52. The molecule has 3 aliphatic carbocycles. The average molecular weight is 1900 g/mol. The van der Waals surface area contributed by atoms with E-state index in [0.29, 0.717) is 96.7 Å². The Hall–Kier alpha value is -10.7. The molecule has 1 aliphatic heterocycles. The van der Waals surface area contributed by atoms with Crippen molar-refractivity contribution in [2.75, 3.05) is 79.1 Å². The number of likely N-dealkylation sites (N-methyl/N-ethyl adjacent to an activating group) is 2. The van der Waals surface area contributed by atoms with E-state index in [2.05, 4.69) is 100 Å². The number of anilines is 4. The minimum Gasteiger partial charge on any atom is -0.481 e. The number of aryl methyl sites for hydroxylation is 8. The third-order valence-electron chi connectivity index (χ3n) is 26.1. The SMILES string of the molecule is CCN(c1cc(Cl)cc(C(=O)NCc2c(C)cc(C)[nH]c2=O)c1C)C1CCC(C(=O)O)CC1.CCN(c1cc(Cl)cc(C(=O)NCc2c(C)cc(C)[nH]c2=O)c1C)C1CN(C)C1.CCOC(=O)C1CCC(N(CC)c2cc(Cl)cc(C(=O)NCc3c(C)cc(C)[nH]c3=O)c2C)CC1.CCOC(=O)C1CCC(N(CC)c2cc(Cl)cc(C(=O)NCc3c(C)cc(C)[nH]c3=O)c2C)CC1. The highest BCUT2D eigenvalue weighted by Gasteiger charge is 2.36. The van der Waals surface area contributed by atoms with Crippen molar-refractivity contribution in [3.8, 4) is 0 Å². The number of H-pyrrole nitrogens is 4. The van der Waals surface area contributed by atoms with Crippen molar-refractivity contribution in [1.29, 1.82) is 0 Å². The van der Waals surface area contributed by atoms with Crippen molar-refractivity contribution < 1.29 is 48.1 Å². The van der Waals surface area contributed by atoms with E-state index >= 15 is 0 Å². The minimum atomic E-state index is -0.725. The number of hydrogen-bond acceptors (Lipinski definition) is 18. The lowest BCUT2D eigenvalue weighted by molar-refractivity contribution is -0.150. The van der Waals surface area contributed by atoms with Crippen molar-refractivity contribution in [3.63, 3.8) is 0 Å². The minimum absolute atomic E-state index is 0.0416. The molecule has 5 heterocycles. The second-order valence-electron chi connectivity index (χ2n) is 35.3. The molecule has 3 saturated carbocycles. The number of halogens is 4. The van der Waals surface area contributed by atoms with E-state index in [0.717, 1.165) is 194 Å². The van der Waals surface area contributed by atoms with Crippen LogP contribution in [0.1, 0.15) is 250 Å². The largest absolute Gasteiger partial charge is 0.481 e. The number of carboxylic acids is 1. The van der Waals surface area contributed by atoms with Gasteiger partial charge in [0.2, 0.25) is 0 Å². The highest BCUT2D eigenvalue weighted by Crippen LogP contribution is 2.40. The molecule has 714 valence electrons. The smallest absolute Gasteiger partial charge is 0.308 e. The van der Waals surface area contributed by atoms with Crippen LogP contribution in [0, 0.1) is 101 Å². The van der Waals surface area contributed by atoms with Gasteiger partial charge in [-0.1, -0.05) is 46.4 Å². The summed E-state index contributed by atoms with van der Waals surface area (Å²) in [6.45, 7) is 41.0.